The number of nitrogens with one attached hydrogen (secondary N) is 1. The second-order valence-corrected chi connectivity index (χ2v) is 4.16. The summed E-state index contributed by atoms with van der Waals surface area (Å²) >= 11 is 0. The van der Waals surface area contributed by atoms with Crippen LogP contribution in [-0.2, 0) is 14.3 Å². The average Bonchev–Trinajstić information content (AvgIpc) is 2.43. The number of carbonyl (C=O) groups is 2. The average molecular weight is 272 g/mol. The Morgan fingerprint density at radius 1 is 1.45 bits per heavy atom. The summed E-state index contributed by atoms with van der Waals surface area (Å²) in [6, 6.07) is 7.39. The minimum absolute atomic E-state index is 0.198. The first-order chi connectivity index (χ1) is 9.67. The molecular weight excluding hydrogens is 256 g/mol. The Balaban J connectivity index is 2.38. The number of para-hydroxylation sites is 2. The topological polar surface area (TPSA) is 58.6 Å². The maximum absolute atomic E-state index is 12.4. The van der Waals surface area contributed by atoms with Gasteiger partial charge in [-0.2, -0.15) is 0 Å². The van der Waals surface area contributed by atoms with E-state index < -0.39 is 5.97 Å². The molecule has 0 radical (unpaired) electrons. The summed E-state index contributed by atoms with van der Waals surface area (Å²) in [5, 5.41) is 2.96. The third kappa shape index (κ3) is 2.71. The molecule has 5 nitrogen and oxygen atoms in total. The number of fused-ring (bicyclic) bond motifs is 1. The highest BCUT2D eigenvalue weighted by atomic mass is 16.5. The summed E-state index contributed by atoms with van der Waals surface area (Å²) in [7, 11) is 0. The van der Waals surface area contributed by atoms with Gasteiger partial charge in [0.25, 0.3) is 5.91 Å². The van der Waals surface area contributed by atoms with Gasteiger partial charge in [-0.1, -0.05) is 18.2 Å². The van der Waals surface area contributed by atoms with E-state index in [4.69, 9.17) is 4.74 Å². The maximum Gasteiger partial charge on any atom is 0.333 e. The lowest BCUT2D eigenvalue weighted by Crippen LogP contribution is -2.38. The van der Waals surface area contributed by atoms with E-state index in [-0.39, 0.29) is 18.2 Å². The molecule has 5 heteroatoms. The number of esters is 1. The number of amides is 1. The van der Waals surface area contributed by atoms with Crippen molar-refractivity contribution < 1.29 is 14.3 Å². The lowest BCUT2D eigenvalue weighted by Gasteiger charge is -2.30. The van der Waals surface area contributed by atoms with E-state index in [9.17, 15) is 9.59 Å². The largest absolute Gasteiger partial charge is 0.463 e. The van der Waals surface area contributed by atoms with E-state index in [0.29, 0.717) is 6.54 Å². The molecule has 0 aromatic heterocycles. The van der Waals surface area contributed by atoms with Crippen molar-refractivity contribution in [1.29, 1.82) is 0 Å². The van der Waals surface area contributed by atoms with Crippen molar-refractivity contribution in [3.63, 3.8) is 0 Å². The van der Waals surface area contributed by atoms with Gasteiger partial charge in [0.05, 0.1) is 24.1 Å². The van der Waals surface area contributed by atoms with Crippen LogP contribution in [0.1, 0.15) is 6.92 Å². The highest BCUT2D eigenvalue weighted by Crippen LogP contribution is 2.32. The fourth-order valence-corrected chi connectivity index (χ4v) is 1.98. The van der Waals surface area contributed by atoms with E-state index in [2.05, 4.69) is 11.9 Å². The molecule has 2 rings (SSSR count). The number of nitrogens with zero attached hydrogens (tertiary/aromatic N) is 1. The molecule has 1 aromatic rings. The first-order valence-electron chi connectivity index (χ1n) is 6.34. The Hall–Kier alpha value is -2.56. The second-order valence-electron chi connectivity index (χ2n) is 4.16. The highest BCUT2D eigenvalue weighted by molar-refractivity contribution is 6.14. The highest BCUT2D eigenvalue weighted by Gasteiger charge is 2.27. The molecule has 0 atom stereocenters. The van der Waals surface area contributed by atoms with Crippen molar-refractivity contribution >= 4 is 23.3 Å². The zero-order chi connectivity index (χ0) is 14.5. The van der Waals surface area contributed by atoms with Crippen LogP contribution < -0.4 is 10.2 Å². The van der Waals surface area contributed by atoms with Crippen molar-refractivity contribution in [3.8, 4) is 0 Å². The van der Waals surface area contributed by atoms with Crippen LogP contribution in [0.15, 0.2) is 48.7 Å². The molecule has 0 fully saturated rings. The summed E-state index contributed by atoms with van der Waals surface area (Å²) in [6.07, 6.45) is 2.82. The van der Waals surface area contributed by atoms with Crippen LogP contribution in [0.25, 0.3) is 0 Å². The molecule has 0 saturated heterocycles. The van der Waals surface area contributed by atoms with Gasteiger partial charge in [0.1, 0.15) is 5.70 Å². The van der Waals surface area contributed by atoms with Gasteiger partial charge in [-0.25, -0.2) is 4.79 Å². The molecule has 0 unspecified atom stereocenters. The molecule has 1 heterocycles. The monoisotopic (exact) mass is 272 g/mol. The van der Waals surface area contributed by atoms with Gasteiger partial charge in [0, 0.05) is 6.54 Å². The van der Waals surface area contributed by atoms with Crippen LogP contribution in [-0.4, -0.2) is 25.0 Å². The zero-order valence-corrected chi connectivity index (χ0v) is 11.3. The Kier molecular flexibility index (Phi) is 4.20. The Morgan fingerprint density at radius 2 is 2.20 bits per heavy atom. The maximum atomic E-state index is 12.4. The van der Waals surface area contributed by atoms with Crippen LogP contribution in [0.4, 0.5) is 11.4 Å². The summed E-state index contributed by atoms with van der Waals surface area (Å²) in [4.78, 5) is 25.4. The Morgan fingerprint density at radius 3 is 2.90 bits per heavy atom. The Bertz CT molecular complexity index is 578. The number of ether oxygens (including phenoxy) is 1. The number of hydrogen-bond donors (Lipinski definition) is 1. The SMILES string of the molecule is C=CCN1C(=O)/C(=C/C(=O)OCC)Nc2ccccc21. The molecule has 1 aliphatic heterocycles. The Labute approximate surface area is 117 Å². The molecule has 1 N–H and O–H groups in total. The van der Waals surface area contributed by atoms with Crippen LogP contribution in [0.3, 0.4) is 0 Å². The van der Waals surface area contributed by atoms with E-state index in [1.807, 2.05) is 24.3 Å². The lowest BCUT2D eigenvalue weighted by atomic mass is 10.1. The van der Waals surface area contributed by atoms with Gasteiger partial charge < -0.3 is 15.0 Å². The molecule has 1 aromatic carbocycles. The summed E-state index contributed by atoms with van der Waals surface area (Å²) in [5.41, 5.74) is 1.73. The van der Waals surface area contributed by atoms with Gasteiger partial charge in [0.15, 0.2) is 0 Å². The molecule has 1 amide bonds. The first-order valence-corrected chi connectivity index (χ1v) is 6.34. The first kappa shape index (κ1) is 13.9. The molecule has 104 valence electrons. The van der Waals surface area contributed by atoms with Crippen molar-refractivity contribution in [2.24, 2.45) is 0 Å². The minimum atomic E-state index is -0.540. The smallest absolute Gasteiger partial charge is 0.333 e. The van der Waals surface area contributed by atoms with Crippen LogP contribution >= 0.6 is 0 Å². The van der Waals surface area contributed by atoms with Gasteiger partial charge in [-0.05, 0) is 19.1 Å². The van der Waals surface area contributed by atoms with Crippen LogP contribution in [0, 0.1) is 0 Å². The molecule has 1 aliphatic rings. The number of rotatable bonds is 4. The second kappa shape index (κ2) is 6.06. The van der Waals surface area contributed by atoms with Crippen LogP contribution in [0.5, 0.6) is 0 Å². The van der Waals surface area contributed by atoms with E-state index >= 15 is 0 Å². The van der Waals surface area contributed by atoms with Crippen molar-refractivity contribution in [3.05, 3.63) is 48.7 Å². The molecular formula is C15H16N2O3. The number of carbonyl (C=O) groups excluding carboxylic acids is 2. The number of hydrogen-bond acceptors (Lipinski definition) is 4. The fourth-order valence-electron chi connectivity index (χ4n) is 1.98. The van der Waals surface area contributed by atoms with Gasteiger partial charge in [-0.3, -0.25) is 4.79 Å². The number of anilines is 2. The third-order valence-corrected chi connectivity index (χ3v) is 2.80. The molecule has 20 heavy (non-hydrogen) atoms. The fraction of sp³-hybridized carbons (Fsp3) is 0.200. The normalized spacial score (nSPS) is 15.6. The van der Waals surface area contributed by atoms with Gasteiger partial charge >= 0.3 is 5.97 Å². The molecule has 0 aliphatic carbocycles. The predicted octanol–water partition coefficient (Wildman–Crippen LogP) is 2.08. The predicted molar refractivity (Wildman–Crippen MR) is 77.3 cm³/mol. The van der Waals surface area contributed by atoms with E-state index in [1.165, 1.54) is 6.08 Å². The van der Waals surface area contributed by atoms with Gasteiger partial charge in [0.2, 0.25) is 0 Å². The van der Waals surface area contributed by atoms with Gasteiger partial charge in [-0.15, -0.1) is 6.58 Å². The summed E-state index contributed by atoms with van der Waals surface area (Å²) < 4.78 is 4.83. The molecule has 0 spiro atoms. The molecule has 0 saturated carbocycles. The minimum Gasteiger partial charge on any atom is -0.463 e. The van der Waals surface area contributed by atoms with E-state index in [0.717, 1.165) is 11.4 Å². The quantitative estimate of drug-likeness (QED) is 0.518. The third-order valence-electron chi connectivity index (χ3n) is 2.80. The zero-order valence-electron chi connectivity index (χ0n) is 11.3. The molecule has 0 bridgehead atoms. The van der Waals surface area contributed by atoms with Crippen molar-refractivity contribution in [1.82, 2.24) is 0 Å². The van der Waals surface area contributed by atoms with E-state index in [1.54, 1.807) is 17.9 Å². The van der Waals surface area contributed by atoms with Crippen LogP contribution in [0.2, 0.25) is 0 Å². The summed E-state index contributed by atoms with van der Waals surface area (Å²) in [6.45, 7) is 6.01. The number of benzene rings is 1. The summed E-state index contributed by atoms with van der Waals surface area (Å²) in [5.74, 6) is -0.821. The van der Waals surface area contributed by atoms with Crippen molar-refractivity contribution in [2.45, 2.75) is 6.92 Å². The standard InChI is InChI=1S/C15H16N2O3/c1-3-9-17-13-8-6-5-7-11(13)16-12(15(17)19)10-14(18)20-4-2/h3,5-8,10,16H,1,4,9H2,2H3/b12-10-. The lowest BCUT2D eigenvalue weighted by molar-refractivity contribution is -0.137. The van der Waals surface area contributed by atoms with Crippen molar-refractivity contribution in [2.75, 3.05) is 23.4 Å².